The number of rotatable bonds is 3. The zero-order valence-corrected chi connectivity index (χ0v) is 13.4. The number of hydrogen-bond acceptors (Lipinski definition) is 4. The third kappa shape index (κ3) is 2.59. The molecule has 4 nitrogen and oxygen atoms in total. The molecule has 2 aromatic carbocycles. The molecule has 2 heterocycles. The summed E-state index contributed by atoms with van der Waals surface area (Å²) in [7, 11) is 0. The molecule has 2 aromatic heterocycles. The number of carbonyl (C=O) groups excluding carboxylic acids is 1. The van der Waals surface area contributed by atoms with Crippen LogP contribution in [-0.2, 0) is 0 Å². The van der Waals surface area contributed by atoms with Crippen LogP contribution < -0.4 is 0 Å². The van der Waals surface area contributed by atoms with Gasteiger partial charge >= 0.3 is 0 Å². The van der Waals surface area contributed by atoms with Crippen LogP contribution in [0.25, 0.3) is 33.9 Å². The van der Waals surface area contributed by atoms with E-state index in [4.69, 9.17) is 8.83 Å². The lowest BCUT2D eigenvalue weighted by atomic mass is 10.1. The minimum atomic E-state index is 0.301. The number of furan rings is 1. The molecular weight excluding hydrogens is 358 g/mol. The third-order valence-electron chi connectivity index (χ3n) is 3.49. The number of fused-ring (bicyclic) bond motifs is 1. The second-order valence-electron chi connectivity index (χ2n) is 5.03. The Bertz CT molecular complexity index is 1020. The molecule has 0 radical (unpaired) electrons. The first-order chi connectivity index (χ1) is 11.2. The van der Waals surface area contributed by atoms with Crippen LogP contribution in [0.15, 0.2) is 67.9 Å². The number of hydrogen-bond donors (Lipinski definition) is 0. The van der Waals surface area contributed by atoms with Crippen LogP contribution in [0.4, 0.5) is 0 Å². The molecule has 0 saturated heterocycles. The van der Waals surface area contributed by atoms with Crippen LogP contribution in [0.1, 0.15) is 10.6 Å². The summed E-state index contributed by atoms with van der Waals surface area (Å²) in [6.45, 7) is 0. The maximum atomic E-state index is 10.7. The van der Waals surface area contributed by atoms with Gasteiger partial charge in [0.25, 0.3) is 0 Å². The number of nitrogens with zero attached hydrogens (tertiary/aromatic N) is 1. The van der Waals surface area contributed by atoms with Crippen LogP contribution in [0.2, 0.25) is 0 Å². The number of benzene rings is 2. The topological polar surface area (TPSA) is 56.2 Å². The molecule has 0 aliphatic heterocycles. The van der Waals surface area contributed by atoms with Crippen molar-refractivity contribution in [1.29, 1.82) is 0 Å². The van der Waals surface area contributed by atoms with Gasteiger partial charge in [-0.2, -0.15) is 0 Å². The number of carbonyl (C=O) groups is 1. The number of halogens is 1. The van der Waals surface area contributed by atoms with Crippen LogP contribution in [-0.4, -0.2) is 11.3 Å². The predicted molar refractivity (Wildman–Crippen MR) is 90.2 cm³/mol. The van der Waals surface area contributed by atoms with Crippen molar-refractivity contribution in [2.24, 2.45) is 0 Å². The molecule has 0 spiro atoms. The van der Waals surface area contributed by atoms with Gasteiger partial charge in [-0.1, -0.05) is 22.0 Å². The van der Waals surface area contributed by atoms with E-state index in [1.807, 2.05) is 42.5 Å². The average molecular weight is 368 g/mol. The molecule has 0 unspecified atom stereocenters. The van der Waals surface area contributed by atoms with Gasteiger partial charge in [0.1, 0.15) is 11.3 Å². The first-order valence-corrected chi connectivity index (χ1v) is 7.74. The van der Waals surface area contributed by atoms with E-state index in [9.17, 15) is 4.79 Å². The number of aldehydes is 1. The summed E-state index contributed by atoms with van der Waals surface area (Å²) in [6.07, 6.45) is 0.684. The largest absolute Gasteiger partial charge is 0.453 e. The summed E-state index contributed by atoms with van der Waals surface area (Å²) in [5, 5.41) is 0. The highest BCUT2D eigenvalue weighted by molar-refractivity contribution is 9.10. The van der Waals surface area contributed by atoms with Crippen molar-refractivity contribution >= 4 is 33.3 Å². The monoisotopic (exact) mass is 367 g/mol. The smallest absolute Gasteiger partial charge is 0.227 e. The van der Waals surface area contributed by atoms with Gasteiger partial charge in [0.2, 0.25) is 5.89 Å². The molecule has 0 bridgehead atoms. The Balaban J connectivity index is 1.79. The van der Waals surface area contributed by atoms with Gasteiger partial charge in [0.05, 0.1) is 0 Å². The van der Waals surface area contributed by atoms with Crippen molar-refractivity contribution in [2.45, 2.75) is 0 Å². The molecule has 0 saturated carbocycles. The molecule has 0 fully saturated rings. The molecule has 0 atom stereocenters. The predicted octanol–water partition coefficient (Wildman–Crippen LogP) is 5.33. The van der Waals surface area contributed by atoms with E-state index in [1.54, 1.807) is 12.1 Å². The highest BCUT2D eigenvalue weighted by Gasteiger charge is 2.11. The van der Waals surface area contributed by atoms with E-state index in [-0.39, 0.29) is 0 Å². The Morgan fingerprint density at radius 2 is 1.87 bits per heavy atom. The van der Waals surface area contributed by atoms with Crippen molar-refractivity contribution in [3.05, 3.63) is 64.8 Å². The molecule has 0 amide bonds. The fraction of sp³-hybridized carbons (Fsp3) is 0. The molecule has 23 heavy (non-hydrogen) atoms. The summed E-state index contributed by atoms with van der Waals surface area (Å²) in [6, 6.07) is 16.8. The van der Waals surface area contributed by atoms with E-state index >= 15 is 0 Å². The van der Waals surface area contributed by atoms with Crippen molar-refractivity contribution in [3.63, 3.8) is 0 Å². The average Bonchev–Trinajstić information content (AvgIpc) is 3.20. The van der Waals surface area contributed by atoms with Crippen LogP contribution in [0.3, 0.4) is 0 Å². The first kappa shape index (κ1) is 14.0. The maximum absolute atomic E-state index is 10.7. The Labute approximate surface area is 139 Å². The summed E-state index contributed by atoms with van der Waals surface area (Å²) in [5.74, 6) is 1.49. The highest BCUT2D eigenvalue weighted by atomic mass is 79.9. The fourth-order valence-electron chi connectivity index (χ4n) is 2.40. The zero-order valence-electron chi connectivity index (χ0n) is 11.8. The minimum absolute atomic E-state index is 0.301. The highest BCUT2D eigenvalue weighted by Crippen LogP contribution is 2.30. The van der Waals surface area contributed by atoms with E-state index in [2.05, 4.69) is 20.9 Å². The van der Waals surface area contributed by atoms with Gasteiger partial charge in [0.15, 0.2) is 17.6 Å². The van der Waals surface area contributed by atoms with Crippen LogP contribution >= 0.6 is 15.9 Å². The second-order valence-corrected chi connectivity index (χ2v) is 5.95. The molecule has 112 valence electrons. The van der Waals surface area contributed by atoms with Crippen molar-refractivity contribution in [3.8, 4) is 22.8 Å². The lowest BCUT2D eigenvalue weighted by molar-refractivity contribution is 0.110. The zero-order chi connectivity index (χ0) is 15.8. The Hall–Kier alpha value is -2.66. The second kappa shape index (κ2) is 5.52. The van der Waals surface area contributed by atoms with E-state index in [0.717, 1.165) is 21.1 Å². The molecule has 0 aliphatic carbocycles. The third-order valence-corrected chi connectivity index (χ3v) is 3.98. The molecular formula is C18H10BrNO3. The van der Waals surface area contributed by atoms with E-state index in [0.29, 0.717) is 29.3 Å². The normalized spacial score (nSPS) is 11.0. The van der Waals surface area contributed by atoms with Gasteiger partial charge < -0.3 is 8.83 Å². The van der Waals surface area contributed by atoms with E-state index in [1.165, 1.54) is 0 Å². The summed E-state index contributed by atoms with van der Waals surface area (Å²) < 4.78 is 12.2. The molecule has 4 rings (SSSR count). The van der Waals surface area contributed by atoms with Gasteiger partial charge in [-0.15, -0.1) is 0 Å². The minimum Gasteiger partial charge on any atom is -0.453 e. The summed E-state index contributed by atoms with van der Waals surface area (Å²) in [4.78, 5) is 15.3. The number of oxazole rings is 1. The fourth-order valence-corrected chi connectivity index (χ4v) is 2.80. The van der Waals surface area contributed by atoms with Gasteiger partial charge in [-0.25, -0.2) is 4.98 Å². The molecule has 0 N–H and O–H groups in total. The quantitative estimate of drug-likeness (QED) is 0.459. The summed E-state index contributed by atoms with van der Waals surface area (Å²) >= 11 is 3.44. The van der Waals surface area contributed by atoms with Crippen molar-refractivity contribution in [1.82, 2.24) is 4.98 Å². The van der Waals surface area contributed by atoms with Gasteiger partial charge in [-0.3, -0.25) is 4.79 Å². The standard InChI is InChI=1S/C18H10BrNO3/c19-13-3-1-2-12(8-13)18-20-15-9-11(4-6-17(15)23-18)16-7-5-14(10-21)22-16/h1-10H. The first-order valence-electron chi connectivity index (χ1n) is 6.95. The van der Waals surface area contributed by atoms with Crippen molar-refractivity contribution < 1.29 is 13.6 Å². The molecule has 5 heteroatoms. The Morgan fingerprint density at radius 3 is 2.65 bits per heavy atom. The van der Waals surface area contributed by atoms with E-state index < -0.39 is 0 Å². The summed E-state index contributed by atoms with van der Waals surface area (Å²) in [5.41, 5.74) is 3.19. The number of aromatic nitrogens is 1. The SMILES string of the molecule is O=Cc1ccc(-c2ccc3oc(-c4cccc(Br)c4)nc3c2)o1. The molecule has 0 aliphatic rings. The van der Waals surface area contributed by atoms with Gasteiger partial charge in [-0.05, 0) is 48.5 Å². The van der Waals surface area contributed by atoms with Crippen LogP contribution in [0, 0.1) is 0 Å². The lowest BCUT2D eigenvalue weighted by Gasteiger charge is -1.95. The maximum Gasteiger partial charge on any atom is 0.227 e. The Morgan fingerprint density at radius 1 is 0.957 bits per heavy atom. The van der Waals surface area contributed by atoms with Gasteiger partial charge in [0, 0.05) is 15.6 Å². The lowest BCUT2D eigenvalue weighted by Crippen LogP contribution is -1.77. The Kier molecular flexibility index (Phi) is 3.35. The van der Waals surface area contributed by atoms with Crippen molar-refractivity contribution in [2.75, 3.05) is 0 Å². The molecule has 4 aromatic rings. The van der Waals surface area contributed by atoms with Crippen LogP contribution in [0.5, 0.6) is 0 Å².